The van der Waals surface area contributed by atoms with Gasteiger partial charge in [-0.3, -0.25) is 0 Å². The van der Waals surface area contributed by atoms with Crippen LogP contribution >= 0.6 is 0 Å². The lowest BCUT2D eigenvalue weighted by molar-refractivity contribution is 0.702. The van der Waals surface area contributed by atoms with Gasteiger partial charge < -0.3 is 16.4 Å². The second-order valence-corrected chi connectivity index (χ2v) is 5.61. The summed E-state index contributed by atoms with van der Waals surface area (Å²) in [6.45, 7) is 3.40. The predicted molar refractivity (Wildman–Crippen MR) is 101 cm³/mol. The first-order chi connectivity index (χ1) is 11.3. The van der Waals surface area contributed by atoms with E-state index in [9.17, 15) is 0 Å². The van der Waals surface area contributed by atoms with Gasteiger partial charge in [0, 0.05) is 18.8 Å². The minimum Gasteiger partial charge on any atom is -0.371 e. The molecule has 0 atom stereocenters. The Balaban J connectivity index is 2.02. The first-order valence-electron chi connectivity index (χ1n) is 8.32. The predicted octanol–water partition coefficient (Wildman–Crippen LogP) is 3.36. The van der Waals surface area contributed by atoms with Crippen LogP contribution in [-0.2, 0) is 0 Å². The summed E-state index contributed by atoms with van der Waals surface area (Å²) in [5, 5.41) is 0. The number of benzene rings is 2. The van der Waals surface area contributed by atoms with E-state index in [1.807, 2.05) is 6.07 Å². The van der Waals surface area contributed by atoms with E-state index in [0.717, 1.165) is 39.0 Å². The van der Waals surface area contributed by atoms with Crippen molar-refractivity contribution in [2.45, 2.75) is 12.8 Å². The summed E-state index contributed by atoms with van der Waals surface area (Å²) in [5.74, 6) is 0. The van der Waals surface area contributed by atoms with Crippen LogP contribution < -0.4 is 16.4 Å². The monoisotopic (exact) mass is 309 g/mol. The smallest absolute Gasteiger partial charge is 0.0366 e. The van der Waals surface area contributed by atoms with Gasteiger partial charge in [0.1, 0.15) is 0 Å². The molecule has 0 radical (unpaired) electrons. The molecule has 2 aromatic carbocycles. The molecule has 0 aliphatic carbocycles. The first kappa shape index (κ1) is 17.3. The van der Waals surface area contributed by atoms with Crippen molar-refractivity contribution in [2.24, 2.45) is 11.5 Å². The van der Waals surface area contributed by atoms with E-state index in [4.69, 9.17) is 11.5 Å². The second-order valence-electron chi connectivity index (χ2n) is 5.61. The van der Waals surface area contributed by atoms with Crippen LogP contribution in [0.1, 0.15) is 24.0 Å². The van der Waals surface area contributed by atoms with E-state index in [-0.39, 0.29) is 0 Å². The zero-order chi connectivity index (χ0) is 16.3. The van der Waals surface area contributed by atoms with Gasteiger partial charge in [0.25, 0.3) is 0 Å². The molecule has 0 bridgehead atoms. The molecule has 23 heavy (non-hydrogen) atoms. The Bertz CT molecular complexity index is 568. The largest absolute Gasteiger partial charge is 0.371 e. The Morgan fingerprint density at radius 3 is 1.74 bits per heavy atom. The van der Waals surface area contributed by atoms with Crippen molar-refractivity contribution < 1.29 is 0 Å². The molecule has 3 heteroatoms. The third-order valence-corrected chi connectivity index (χ3v) is 3.79. The minimum absolute atomic E-state index is 0.719. The maximum atomic E-state index is 5.64. The molecule has 0 aromatic heterocycles. The molecule has 122 valence electrons. The third kappa shape index (κ3) is 5.89. The standard InChI is InChI=1S/C20H27N3/c21-14-4-16-23(17-5-15-22)20-12-10-19(11-13-20)9-8-18-6-2-1-3-7-18/h1-3,6-13H,4-5,14-17,21-22H2. The summed E-state index contributed by atoms with van der Waals surface area (Å²) in [6, 6.07) is 19.0. The first-order valence-corrected chi connectivity index (χ1v) is 8.32. The molecule has 2 rings (SSSR count). The Morgan fingerprint density at radius 2 is 1.22 bits per heavy atom. The molecule has 0 unspecified atom stereocenters. The number of nitrogens with zero attached hydrogens (tertiary/aromatic N) is 1. The average molecular weight is 309 g/mol. The zero-order valence-electron chi connectivity index (χ0n) is 13.7. The number of hydrogen-bond donors (Lipinski definition) is 2. The quantitative estimate of drug-likeness (QED) is 0.698. The van der Waals surface area contributed by atoms with Crippen molar-refractivity contribution in [1.82, 2.24) is 0 Å². The Morgan fingerprint density at radius 1 is 0.696 bits per heavy atom. The maximum absolute atomic E-state index is 5.64. The van der Waals surface area contributed by atoms with Crippen molar-refractivity contribution in [2.75, 3.05) is 31.1 Å². The van der Waals surface area contributed by atoms with Gasteiger partial charge in [-0.25, -0.2) is 0 Å². The van der Waals surface area contributed by atoms with E-state index in [1.165, 1.54) is 16.8 Å². The number of hydrogen-bond acceptors (Lipinski definition) is 3. The molecule has 0 aliphatic heterocycles. The molecular weight excluding hydrogens is 282 g/mol. The minimum atomic E-state index is 0.719. The normalized spacial score (nSPS) is 11.0. The van der Waals surface area contributed by atoms with Gasteiger partial charge in [0.2, 0.25) is 0 Å². The van der Waals surface area contributed by atoms with Gasteiger partial charge in [-0.15, -0.1) is 0 Å². The van der Waals surface area contributed by atoms with Crippen LogP contribution in [0.5, 0.6) is 0 Å². The van der Waals surface area contributed by atoms with E-state index < -0.39 is 0 Å². The van der Waals surface area contributed by atoms with Crippen LogP contribution in [0.3, 0.4) is 0 Å². The van der Waals surface area contributed by atoms with Gasteiger partial charge in [0.15, 0.2) is 0 Å². The highest BCUT2D eigenvalue weighted by atomic mass is 15.1. The summed E-state index contributed by atoms with van der Waals surface area (Å²) in [7, 11) is 0. The Hall–Kier alpha value is -2.10. The van der Waals surface area contributed by atoms with Crippen LogP contribution in [0.25, 0.3) is 12.2 Å². The molecule has 2 aromatic rings. The summed E-state index contributed by atoms with van der Waals surface area (Å²) in [4.78, 5) is 2.37. The van der Waals surface area contributed by atoms with E-state index in [0.29, 0.717) is 0 Å². The van der Waals surface area contributed by atoms with Crippen molar-refractivity contribution in [3.05, 3.63) is 65.7 Å². The fraction of sp³-hybridized carbons (Fsp3) is 0.300. The molecule has 0 fully saturated rings. The summed E-state index contributed by atoms with van der Waals surface area (Å²) >= 11 is 0. The fourth-order valence-corrected chi connectivity index (χ4v) is 2.49. The highest BCUT2D eigenvalue weighted by molar-refractivity contribution is 5.70. The SMILES string of the molecule is NCCCN(CCCN)c1ccc(C=Cc2ccccc2)cc1. The molecule has 0 saturated heterocycles. The van der Waals surface area contributed by atoms with E-state index in [2.05, 4.69) is 65.6 Å². The lowest BCUT2D eigenvalue weighted by atomic mass is 10.1. The summed E-state index contributed by atoms with van der Waals surface area (Å²) in [6.07, 6.45) is 6.28. The molecule has 0 aliphatic rings. The van der Waals surface area contributed by atoms with Crippen LogP contribution in [0.2, 0.25) is 0 Å². The van der Waals surface area contributed by atoms with Gasteiger partial charge in [-0.2, -0.15) is 0 Å². The van der Waals surface area contributed by atoms with Gasteiger partial charge >= 0.3 is 0 Å². The molecule has 3 nitrogen and oxygen atoms in total. The van der Waals surface area contributed by atoms with Gasteiger partial charge in [-0.1, -0.05) is 54.6 Å². The lowest BCUT2D eigenvalue weighted by Crippen LogP contribution is -2.28. The van der Waals surface area contributed by atoms with E-state index >= 15 is 0 Å². The van der Waals surface area contributed by atoms with E-state index in [1.54, 1.807) is 0 Å². The molecule has 0 spiro atoms. The molecule has 0 heterocycles. The molecule has 0 saturated carbocycles. The van der Waals surface area contributed by atoms with Crippen molar-refractivity contribution >= 4 is 17.8 Å². The lowest BCUT2D eigenvalue weighted by Gasteiger charge is -2.24. The molecular formula is C20H27N3. The van der Waals surface area contributed by atoms with Crippen LogP contribution in [0.15, 0.2) is 54.6 Å². The van der Waals surface area contributed by atoms with Crippen LogP contribution in [0, 0.1) is 0 Å². The van der Waals surface area contributed by atoms with Crippen molar-refractivity contribution in [1.29, 1.82) is 0 Å². The van der Waals surface area contributed by atoms with Crippen LogP contribution in [-0.4, -0.2) is 26.2 Å². The Labute approximate surface area is 139 Å². The second kappa shape index (κ2) is 9.82. The number of nitrogens with two attached hydrogens (primary N) is 2. The van der Waals surface area contributed by atoms with Gasteiger partial charge in [0.05, 0.1) is 0 Å². The zero-order valence-corrected chi connectivity index (χ0v) is 13.7. The average Bonchev–Trinajstić information content (AvgIpc) is 2.62. The fourth-order valence-electron chi connectivity index (χ4n) is 2.49. The summed E-state index contributed by atoms with van der Waals surface area (Å²) < 4.78 is 0. The maximum Gasteiger partial charge on any atom is 0.0366 e. The number of rotatable bonds is 9. The highest BCUT2D eigenvalue weighted by Crippen LogP contribution is 2.17. The Kier molecular flexibility index (Phi) is 7.37. The highest BCUT2D eigenvalue weighted by Gasteiger charge is 2.05. The van der Waals surface area contributed by atoms with Gasteiger partial charge in [-0.05, 0) is 49.2 Å². The third-order valence-electron chi connectivity index (χ3n) is 3.79. The summed E-state index contributed by atoms with van der Waals surface area (Å²) in [5.41, 5.74) is 14.9. The topological polar surface area (TPSA) is 55.3 Å². The van der Waals surface area contributed by atoms with Crippen molar-refractivity contribution in [3.63, 3.8) is 0 Å². The molecule has 4 N–H and O–H groups in total. The van der Waals surface area contributed by atoms with Crippen molar-refractivity contribution in [3.8, 4) is 0 Å². The molecule has 0 amide bonds. The number of anilines is 1. The van der Waals surface area contributed by atoms with Crippen LogP contribution in [0.4, 0.5) is 5.69 Å².